The molecule has 0 atom stereocenters. The standard InChI is InChI=1S/C26H30N3OS2.F6P/c1-7-29(8-2)26(30)22-14-13-21(31-22)25-19-11-9-17(27(3)4)15-23(19)32-24-16-18(28(5)6)10-12-20(24)25;1-7(2,3,4,5)6/h9-16H,7-8H2,1-6H3;/q+1;-1. The number of rotatable bonds is 5. The Morgan fingerprint density at radius 3 is 2.00 bits per heavy atom. The molecule has 1 aromatic heterocycles. The maximum absolute atomic E-state index is 12.9. The zero-order valence-corrected chi connectivity index (χ0v) is 24.8. The van der Waals surface area contributed by atoms with Crippen molar-refractivity contribution in [3.8, 4) is 20.9 Å². The van der Waals surface area contributed by atoms with Crippen molar-refractivity contribution in [1.29, 1.82) is 0 Å². The molecule has 13 heteroatoms. The third-order valence-electron chi connectivity index (χ3n) is 5.84. The molecule has 0 radical (unpaired) electrons. The predicted octanol–water partition coefficient (Wildman–Crippen LogP) is 8.70. The van der Waals surface area contributed by atoms with Gasteiger partial charge in [0.1, 0.15) is 14.1 Å². The van der Waals surface area contributed by atoms with Crippen LogP contribution >= 0.6 is 30.5 Å². The minimum atomic E-state index is -10.7. The predicted molar refractivity (Wildman–Crippen MR) is 154 cm³/mol. The summed E-state index contributed by atoms with van der Waals surface area (Å²) in [7, 11) is -2.37. The number of anilines is 1. The molecule has 39 heavy (non-hydrogen) atoms. The monoisotopic (exact) mass is 609 g/mol. The van der Waals surface area contributed by atoms with Crippen LogP contribution in [0.3, 0.4) is 0 Å². The summed E-state index contributed by atoms with van der Waals surface area (Å²) in [6.45, 7) is 5.50. The summed E-state index contributed by atoms with van der Waals surface area (Å²) in [5.41, 5.74) is 3.63. The van der Waals surface area contributed by atoms with Crippen LogP contribution in [-0.4, -0.2) is 52.1 Å². The van der Waals surface area contributed by atoms with Crippen LogP contribution in [0.15, 0.2) is 48.5 Å². The van der Waals surface area contributed by atoms with Gasteiger partial charge in [0.15, 0.2) is 0 Å². The summed E-state index contributed by atoms with van der Waals surface area (Å²) in [4.78, 5) is 20.1. The van der Waals surface area contributed by atoms with Crippen molar-refractivity contribution in [1.82, 2.24) is 9.48 Å². The van der Waals surface area contributed by atoms with E-state index in [1.807, 2.05) is 36.2 Å². The van der Waals surface area contributed by atoms with E-state index in [2.05, 4.69) is 80.1 Å². The zero-order chi connectivity index (χ0) is 29.4. The fourth-order valence-electron chi connectivity index (χ4n) is 3.94. The first-order chi connectivity index (χ1) is 17.8. The summed E-state index contributed by atoms with van der Waals surface area (Å²) >= 11 is 3.42. The molecule has 0 saturated carbocycles. The Balaban J connectivity index is 0.000000532. The fraction of sp³-hybridized carbons (Fsp3) is 0.308. The number of carbonyl (C=O) groups excluding carboxylic acids is 1. The van der Waals surface area contributed by atoms with Gasteiger partial charge in [-0.05, 0) is 44.2 Å². The van der Waals surface area contributed by atoms with Crippen LogP contribution in [-0.2, 0) is 0 Å². The molecule has 1 aromatic carbocycles. The normalized spacial score (nSPS) is 13.3. The van der Waals surface area contributed by atoms with Crippen molar-refractivity contribution in [2.45, 2.75) is 13.8 Å². The van der Waals surface area contributed by atoms with Crippen molar-refractivity contribution in [2.24, 2.45) is 0 Å². The van der Waals surface area contributed by atoms with E-state index in [1.54, 1.807) is 11.3 Å². The number of halogens is 6. The van der Waals surface area contributed by atoms with Crippen molar-refractivity contribution < 1.29 is 30.0 Å². The van der Waals surface area contributed by atoms with Gasteiger partial charge in [0.05, 0.1) is 4.88 Å². The van der Waals surface area contributed by atoms with E-state index >= 15 is 0 Å². The second-order valence-electron chi connectivity index (χ2n) is 9.23. The Hall–Kier alpha value is -2.69. The number of hydrogen-bond acceptors (Lipinski definition) is 4. The number of thiophene rings is 1. The summed E-state index contributed by atoms with van der Waals surface area (Å²) in [5.74, 6) is 0.114. The Labute approximate surface area is 231 Å². The average Bonchev–Trinajstić information content (AvgIpc) is 3.30. The van der Waals surface area contributed by atoms with Gasteiger partial charge in [0.25, 0.3) is 5.91 Å². The van der Waals surface area contributed by atoms with Gasteiger partial charge in [-0.25, -0.2) is 4.58 Å². The van der Waals surface area contributed by atoms with Crippen molar-refractivity contribution in [3.05, 3.63) is 58.8 Å². The summed E-state index contributed by atoms with van der Waals surface area (Å²) < 4.78 is 62.6. The van der Waals surface area contributed by atoms with Crippen LogP contribution < -0.4 is 14.8 Å². The fourth-order valence-corrected chi connectivity index (χ4v) is 6.15. The Kier molecular flexibility index (Phi) is 8.20. The van der Waals surface area contributed by atoms with Gasteiger partial charge in [-0.2, -0.15) is 0 Å². The van der Waals surface area contributed by atoms with Gasteiger partial charge >= 0.3 is 33.0 Å². The molecule has 0 saturated heterocycles. The van der Waals surface area contributed by atoms with E-state index in [1.165, 1.54) is 37.1 Å². The molecular weight excluding hydrogens is 579 g/mol. The molecule has 4 rings (SSSR count). The Morgan fingerprint density at radius 1 is 0.846 bits per heavy atom. The minimum absolute atomic E-state index is 0.114. The molecule has 1 aliphatic carbocycles. The SMILES string of the molecule is CCN(CC)C(=O)c1ccc(-c2c3ccc(=[N+](C)C)cc-3sc3cc(N(C)C)ccc23)s1.F[P-](F)(F)(F)(F)F. The zero-order valence-electron chi connectivity index (χ0n) is 22.3. The van der Waals surface area contributed by atoms with Gasteiger partial charge < -0.3 is 9.80 Å². The molecule has 0 bridgehead atoms. The summed E-state index contributed by atoms with van der Waals surface area (Å²) in [6, 6.07) is 17.4. The molecule has 0 spiro atoms. The molecule has 2 heterocycles. The summed E-state index contributed by atoms with van der Waals surface area (Å²) in [6.07, 6.45) is 0. The van der Waals surface area contributed by atoms with Crippen LogP contribution in [0, 0.1) is 0 Å². The second-order valence-corrected chi connectivity index (χ2v) is 13.3. The number of fused-ring (bicyclic) bond motifs is 2. The number of nitrogens with zero attached hydrogens (tertiary/aromatic N) is 3. The van der Waals surface area contributed by atoms with E-state index in [4.69, 9.17) is 0 Å². The van der Waals surface area contributed by atoms with Crippen LogP contribution in [0.25, 0.3) is 31.0 Å². The quantitative estimate of drug-likeness (QED) is 0.0980. The molecule has 0 unspecified atom stereocenters. The second kappa shape index (κ2) is 10.4. The van der Waals surface area contributed by atoms with Gasteiger partial charge in [-0.1, -0.05) is 6.07 Å². The number of carbonyl (C=O) groups is 1. The van der Waals surface area contributed by atoms with Gasteiger partial charge in [-0.15, -0.1) is 22.7 Å². The van der Waals surface area contributed by atoms with Crippen LogP contribution in [0.2, 0.25) is 0 Å². The maximum atomic E-state index is 12.9. The molecular formula is C26H30F6N3OPS2. The first-order valence-electron chi connectivity index (χ1n) is 11.9. The van der Waals surface area contributed by atoms with Crippen molar-refractivity contribution in [3.63, 3.8) is 0 Å². The van der Waals surface area contributed by atoms with Crippen LogP contribution in [0.4, 0.5) is 30.9 Å². The first kappa shape index (κ1) is 30.8. The molecule has 214 valence electrons. The summed E-state index contributed by atoms with van der Waals surface area (Å²) in [5, 5.41) is 2.42. The average molecular weight is 610 g/mol. The van der Waals surface area contributed by atoms with E-state index in [0.717, 1.165) is 22.8 Å². The van der Waals surface area contributed by atoms with Crippen LogP contribution in [0.5, 0.6) is 0 Å². The molecule has 4 nitrogen and oxygen atoms in total. The third-order valence-corrected chi connectivity index (χ3v) is 8.04. The molecule has 1 aliphatic heterocycles. The van der Waals surface area contributed by atoms with Gasteiger partial charge in [0, 0.05) is 76.0 Å². The van der Waals surface area contributed by atoms with Crippen molar-refractivity contribution >= 4 is 52.2 Å². The van der Waals surface area contributed by atoms with Gasteiger partial charge in [-0.3, -0.25) is 4.79 Å². The van der Waals surface area contributed by atoms with Crippen LogP contribution in [0.1, 0.15) is 23.5 Å². The topological polar surface area (TPSA) is 26.6 Å². The van der Waals surface area contributed by atoms with E-state index < -0.39 is 7.81 Å². The molecule has 0 N–H and O–H groups in total. The number of hydrogen-bond donors (Lipinski definition) is 0. The molecule has 2 aromatic rings. The third kappa shape index (κ3) is 8.40. The Bertz CT molecular complexity index is 1540. The van der Waals surface area contributed by atoms with E-state index in [9.17, 15) is 30.0 Å². The first-order valence-corrected chi connectivity index (χ1v) is 15.6. The Morgan fingerprint density at radius 2 is 1.46 bits per heavy atom. The molecule has 0 fully saturated rings. The molecule has 2 aliphatic rings. The molecule has 1 amide bonds. The van der Waals surface area contributed by atoms with Gasteiger partial charge in [0.2, 0.25) is 5.36 Å². The van der Waals surface area contributed by atoms with E-state index in [-0.39, 0.29) is 5.91 Å². The van der Waals surface area contributed by atoms with Crippen molar-refractivity contribution in [2.75, 3.05) is 46.2 Å². The van der Waals surface area contributed by atoms with E-state index in [0.29, 0.717) is 0 Å². The number of benzene rings is 2. The number of amides is 1.